The smallest absolute Gasteiger partial charge is 0.416 e. The number of halogens is 3. The summed E-state index contributed by atoms with van der Waals surface area (Å²) in [4.78, 5) is 34.8. The standard InChI is InChI=1S/C19H16F3NO5/c1-11(24)28-15-7-3-5-13(10-15)17(25)23-16(18(26)27)9-12-4-2-6-14(8-12)19(20,21)22/h2-8,10,16H,9H2,1H3,(H,23,25)(H,26,27)/t16-/m1/s1. The summed E-state index contributed by atoms with van der Waals surface area (Å²) >= 11 is 0. The average Bonchev–Trinajstić information content (AvgIpc) is 2.60. The van der Waals surface area contributed by atoms with Crippen LogP contribution in [0.25, 0.3) is 0 Å². The summed E-state index contributed by atoms with van der Waals surface area (Å²) in [6, 6.07) is 8.28. The van der Waals surface area contributed by atoms with Crippen molar-refractivity contribution in [1.29, 1.82) is 0 Å². The molecule has 9 heteroatoms. The molecule has 0 heterocycles. The zero-order chi connectivity index (χ0) is 20.9. The molecule has 28 heavy (non-hydrogen) atoms. The third kappa shape index (κ3) is 5.83. The van der Waals surface area contributed by atoms with Crippen molar-refractivity contribution in [1.82, 2.24) is 5.32 Å². The van der Waals surface area contributed by atoms with Gasteiger partial charge in [-0.3, -0.25) is 9.59 Å². The molecule has 0 spiro atoms. The Hall–Kier alpha value is -3.36. The second-order valence-corrected chi connectivity index (χ2v) is 5.89. The van der Waals surface area contributed by atoms with Gasteiger partial charge in [0.2, 0.25) is 0 Å². The van der Waals surface area contributed by atoms with Crippen molar-refractivity contribution in [2.24, 2.45) is 0 Å². The Kier molecular flexibility index (Phi) is 6.40. The molecule has 2 aromatic carbocycles. The summed E-state index contributed by atoms with van der Waals surface area (Å²) in [6.45, 7) is 1.18. The first kappa shape index (κ1) is 20.9. The minimum absolute atomic E-state index is 0.0362. The van der Waals surface area contributed by atoms with Crippen molar-refractivity contribution >= 4 is 17.8 Å². The number of hydrogen-bond acceptors (Lipinski definition) is 4. The van der Waals surface area contributed by atoms with E-state index in [0.717, 1.165) is 12.1 Å². The lowest BCUT2D eigenvalue weighted by atomic mass is 10.0. The van der Waals surface area contributed by atoms with E-state index in [-0.39, 0.29) is 23.3 Å². The van der Waals surface area contributed by atoms with Crippen molar-refractivity contribution in [3.05, 3.63) is 65.2 Å². The van der Waals surface area contributed by atoms with Crippen LogP contribution in [0.15, 0.2) is 48.5 Å². The molecule has 148 valence electrons. The molecule has 0 saturated carbocycles. The Morgan fingerprint density at radius 1 is 1.11 bits per heavy atom. The number of esters is 1. The Bertz CT molecular complexity index is 895. The van der Waals surface area contributed by atoms with E-state index in [4.69, 9.17) is 4.74 Å². The Morgan fingerprint density at radius 3 is 2.39 bits per heavy atom. The molecule has 1 atom stereocenters. The van der Waals surface area contributed by atoms with Crippen LogP contribution >= 0.6 is 0 Å². The Labute approximate surface area is 157 Å². The zero-order valence-corrected chi connectivity index (χ0v) is 14.6. The Morgan fingerprint density at radius 2 is 1.79 bits per heavy atom. The van der Waals surface area contributed by atoms with Gasteiger partial charge in [0.1, 0.15) is 11.8 Å². The number of benzene rings is 2. The summed E-state index contributed by atoms with van der Waals surface area (Å²) in [5, 5.41) is 11.6. The lowest BCUT2D eigenvalue weighted by Crippen LogP contribution is -2.42. The fourth-order valence-electron chi connectivity index (χ4n) is 2.42. The molecule has 0 aliphatic carbocycles. The Balaban J connectivity index is 2.16. The number of ether oxygens (including phenoxy) is 1. The van der Waals surface area contributed by atoms with Gasteiger partial charge in [-0.1, -0.05) is 24.3 Å². The van der Waals surface area contributed by atoms with Gasteiger partial charge in [-0.15, -0.1) is 0 Å². The van der Waals surface area contributed by atoms with Crippen molar-refractivity contribution < 1.29 is 37.4 Å². The number of carbonyl (C=O) groups excluding carboxylic acids is 2. The quantitative estimate of drug-likeness (QED) is 0.579. The van der Waals surface area contributed by atoms with Gasteiger partial charge in [0.05, 0.1) is 5.56 Å². The van der Waals surface area contributed by atoms with Gasteiger partial charge >= 0.3 is 18.1 Å². The number of carboxylic acids is 1. The molecule has 0 unspecified atom stereocenters. The van der Waals surface area contributed by atoms with Crippen LogP contribution in [0.5, 0.6) is 5.75 Å². The molecular formula is C19H16F3NO5. The number of hydrogen-bond donors (Lipinski definition) is 2. The molecule has 0 fully saturated rings. The molecule has 0 saturated heterocycles. The minimum atomic E-state index is -4.56. The first-order chi connectivity index (χ1) is 13.1. The maximum absolute atomic E-state index is 12.8. The van der Waals surface area contributed by atoms with Crippen LogP contribution in [-0.4, -0.2) is 29.0 Å². The maximum atomic E-state index is 12.8. The van der Waals surface area contributed by atoms with Crippen molar-refractivity contribution in [2.45, 2.75) is 25.6 Å². The molecule has 1 amide bonds. The van der Waals surface area contributed by atoms with E-state index in [1.165, 1.54) is 43.3 Å². The number of alkyl halides is 3. The van der Waals surface area contributed by atoms with E-state index in [1.807, 2.05) is 0 Å². The summed E-state index contributed by atoms with van der Waals surface area (Å²) in [5.74, 6) is -2.66. The number of carbonyl (C=O) groups is 3. The minimum Gasteiger partial charge on any atom is -0.480 e. The predicted molar refractivity (Wildman–Crippen MR) is 91.8 cm³/mol. The van der Waals surface area contributed by atoms with Crippen LogP contribution in [0.3, 0.4) is 0 Å². The highest BCUT2D eigenvalue weighted by Crippen LogP contribution is 2.29. The number of rotatable bonds is 6. The first-order valence-electron chi connectivity index (χ1n) is 8.04. The van der Waals surface area contributed by atoms with Gasteiger partial charge in [-0.2, -0.15) is 13.2 Å². The zero-order valence-electron chi connectivity index (χ0n) is 14.6. The largest absolute Gasteiger partial charge is 0.480 e. The molecule has 6 nitrogen and oxygen atoms in total. The molecule has 0 aliphatic rings. The van der Waals surface area contributed by atoms with Crippen molar-refractivity contribution in [2.75, 3.05) is 0 Å². The third-order valence-electron chi connectivity index (χ3n) is 3.66. The summed E-state index contributed by atoms with van der Waals surface area (Å²) in [6.07, 6.45) is -4.90. The lowest BCUT2D eigenvalue weighted by Gasteiger charge is -2.16. The number of amides is 1. The van der Waals surface area contributed by atoms with Crippen LogP contribution in [0.1, 0.15) is 28.4 Å². The second kappa shape index (κ2) is 8.55. The van der Waals surface area contributed by atoms with E-state index in [0.29, 0.717) is 0 Å². The fraction of sp³-hybridized carbons (Fsp3) is 0.211. The first-order valence-corrected chi connectivity index (χ1v) is 8.04. The van der Waals surface area contributed by atoms with Gasteiger partial charge in [0.15, 0.2) is 0 Å². The summed E-state index contributed by atoms with van der Waals surface area (Å²) in [7, 11) is 0. The van der Waals surface area contributed by atoms with E-state index in [2.05, 4.69) is 5.32 Å². The molecule has 0 bridgehead atoms. The normalized spacial score (nSPS) is 12.1. The number of aliphatic carboxylic acids is 1. The predicted octanol–water partition coefficient (Wildman–Crippen LogP) is 3.06. The van der Waals surface area contributed by atoms with Gasteiger partial charge in [0, 0.05) is 18.9 Å². The van der Waals surface area contributed by atoms with Crippen molar-refractivity contribution in [3.8, 4) is 5.75 Å². The molecular weight excluding hydrogens is 379 g/mol. The second-order valence-electron chi connectivity index (χ2n) is 5.89. The molecule has 0 radical (unpaired) electrons. The molecule has 0 aliphatic heterocycles. The molecule has 2 N–H and O–H groups in total. The van der Waals surface area contributed by atoms with Crippen LogP contribution < -0.4 is 10.1 Å². The fourth-order valence-corrected chi connectivity index (χ4v) is 2.42. The van der Waals surface area contributed by atoms with Crippen molar-refractivity contribution in [3.63, 3.8) is 0 Å². The monoisotopic (exact) mass is 395 g/mol. The van der Waals surface area contributed by atoms with Gasteiger partial charge < -0.3 is 15.2 Å². The van der Waals surface area contributed by atoms with E-state index >= 15 is 0 Å². The van der Waals surface area contributed by atoms with E-state index in [1.54, 1.807) is 0 Å². The van der Waals surface area contributed by atoms with Crippen LogP contribution in [-0.2, 0) is 22.2 Å². The topological polar surface area (TPSA) is 92.7 Å². The van der Waals surface area contributed by atoms with Gasteiger partial charge in [-0.05, 0) is 29.8 Å². The highest BCUT2D eigenvalue weighted by Gasteiger charge is 2.31. The molecule has 0 aromatic heterocycles. The average molecular weight is 395 g/mol. The lowest BCUT2D eigenvalue weighted by molar-refractivity contribution is -0.139. The van der Waals surface area contributed by atoms with Gasteiger partial charge in [0.25, 0.3) is 5.91 Å². The summed E-state index contributed by atoms with van der Waals surface area (Å²) < 4.78 is 43.3. The third-order valence-corrected chi connectivity index (χ3v) is 3.66. The number of nitrogens with one attached hydrogen (secondary N) is 1. The van der Waals surface area contributed by atoms with Crippen LogP contribution in [0.2, 0.25) is 0 Å². The van der Waals surface area contributed by atoms with Crippen LogP contribution in [0, 0.1) is 0 Å². The highest BCUT2D eigenvalue weighted by atomic mass is 19.4. The maximum Gasteiger partial charge on any atom is 0.416 e. The van der Waals surface area contributed by atoms with E-state index < -0.39 is 35.6 Å². The van der Waals surface area contributed by atoms with Crippen LogP contribution in [0.4, 0.5) is 13.2 Å². The SMILES string of the molecule is CC(=O)Oc1cccc(C(=O)N[C@H](Cc2cccc(C(F)(F)F)c2)C(=O)O)c1. The summed E-state index contributed by atoms with van der Waals surface area (Å²) in [5.41, 5.74) is -0.764. The molecule has 2 aromatic rings. The van der Waals surface area contributed by atoms with Gasteiger partial charge in [-0.25, -0.2) is 4.79 Å². The number of carboxylic acid groups (broad SMARTS) is 1. The van der Waals surface area contributed by atoms with E-state index in [9.17, 15) is 32.7 Å². The molecule has 2 rings (SSSR count). The highest BCUT2D eigenvalue weighted by molar-refractivity contribution is 5.97.